The van der Waals surface area contributed by atoms with Crippen LogP contribution in [-0.2, 0) is 4.79 Å². The highest BCUT2D eigenvalue weighted by atomic mass is 32.2. The van der Waals surface area contributed by atoms with E-state index in [1.54, 1.807) is 0 Å². The van der Waals surface area contributed by atoms with Gasteiger partial charge in [-0.2, -0.15) is 11.8 Å². The predicted molar refractivity (Wildman–Crippen MR) is 86.7 cm³/mol. The molecule has 1 aliphatic heterocycles. The molecule has 6 heteroatoms. The lowest BCUT2D eigenvalue weighted by atomic mass is 9.87. The molecule has 3 N–H and O–H groups in total. The Morgan fingerprint density at radius 2 is 2.05 bits per heavy atom. The van der Waals surface area contributed by atoms with E-state index in [-0.39, 0.29) is 28.7 Å². The van der Waals surface area contributed by atoms with E-state index in [1.807, 2.05) is 32.5 Å². The second-order valence-corrected chi connectivity index (χ2v) is 8.97. The molecule has 0 bridgehead atoms. The molecule has 1 rings (SSSR count). The fourth-order valence-electron chi connectivity index (χ4n) is 2.60. The third-order valence-corrected chi connectivity index (χ3v) is 5.08. The number of carboxylic acid groups (broad SMARTS) is 1. The summed E-state index contributed by atoms with van der Waals surface area (Å²) >= 11 is 1.89. The van der Waals surface area contributed by atoms with E-state index in [0.29, 0.717) is 13.0 Å². The molecule has 2 amide bonds. The van der Waals surface area contributed by atoms with Crippen LogP contribution in [0.4, 0.5) is 4.79 Å². The summed E-state index contributed by atoms with van der Waals surface area (Å²) in [5.74, 6) is 0.258. The van der Waals surface area contributed by atoms with Gasteiger partial charge in [0.2, 0.25) is 0 Å². The predicted octanol–water partition coefficient (Wildman–Crippen LogP) is 2.85. The van der Waals surface area contributed by atoms with Crippen LogP contribution in [0, 0.1) is 5.41 Å². The lowest BCUT2D eigenvalue weighted by molar-refractivity contribution is -0.137. The van der Waals surface area contributed by atoms with Crippen molar-refractivity contribution >= 4 is 23.8 Å². The Morgan fingerprint density at radius 3 is 2.52 bits per heavy atom. The van der Waals surface area contributed by atoms with Crippen LogP contribution >= 0.6 is 11.8 Å². The summed E-state index contributed by atoms with van der Waals surface area (Å²) in [6.45, 7) is 8.90. The average Bonchev–Trinajstić information content (AvgIpc) is 2.71. The van der Waals surface area contributed by atoms with Crippen molar-refractivity contribution in [3.8, 4) is 0 Å². The molecule has 5 nitrogen and oxygen atoms in total. The van der Waals surface area contributed by atoms with Crippen LogP contribution in [0.3, 0.4) is 0 Å². The molecule has 1 saturated heterocycles. The Bertz CT molecular complexity index is 374. The number of carbonyl (C=O) groups is 2. The number of hydrogen-bond acceptors (Lipinski definition) is 3. The van der Waals surface area contributed by atoms with Crippen molar-refractivity contribution < 1.29 is 14.7 Å². The van der Waals surface area contributed by atoms with Gasteiger partial charge in [-0.05, 0) is 37.4 Å². The first-order chi connectivity index (χ1) is 9.60. The zero-order valence-corrected chi connectivity index (χ0v) is 14.3. The minimum absolute atomic E-state index is 0.0271. The molecule has 1 aliphatic rings. The number of aliphatic carboxylic acids is 1. The van der Waals surface area contributed by atoms with Gasteiger partial charge in [0.05, 0.1) is 6.42 Å². The Labute approximate surface area is 131 Å². The monoisotopic (exact) mass is 316 g/mol. The number of carboxylic acids is 1. The highest BCUT2D eigenvalue weighted by Gasteiger charge is 2.30. The maximum atomic E-state index is 12.0. The highest BCUT2D eigenvalue weighted by Crippen LogP contribution is 2.36. The van der Waals surface area contributed by atoms with Crippen molar-refractivity contribution in [1.82, 2.24) is 10.6 Å². The van der Waals surface area contributed by atoms with E-state index in [1.165, 1.54) is 6.42 Å². The summed E-state index contributed by atoms with van der Waals surface area (Å²) in [6, 6.07) is -0.606. The molecule has 0 radical (unpaired) electrons. The fraction of sp³-hybridized carbons (Fsp3) is 0.867. The number of carbonyl (C=O) groups excluding carboxylic acids is 1. The number of urea groups is 1. The average molecular weight is 316 g/mol. The fourth-order valence-corrected chi connectivity index (χ4v) is 3.85. The summed E-state index contributed by atoms with van der Waals surface area (Å²) in [5, 5.41) is 14.7. The van der Waals surface area contributed by atoms with Gasteiger partial charge in [0, 0.05) is 17.3 Å². The number of rotatable bonds is 6. The van der Waals surface area contributed by atoms with Gasteiger partial charge < -0.3 is 15.7 Å². The van der Waals surface area contributed by atoms with Crippen molar-refractivity contribution in [1.29, 1.82) is 0 Å². The summed E-state index contributed by atoms with van der Waals surface area (Å²) < 4.78 is 0.115. The minimum atomic E-state index is -0.886. The summed E-state index contributed by atoms with van der Waals surface area (Å²) in [7, 11) is 0. The third-order valence-electron chi connectivity index (χ3n) is 3.54. The maximum Gasteiger partial charge on any atom is 0.315 e. The molecule has 0 aliphatic carbocycles. The van der Waals surface area contributed by atoms with Gasteiger partial charge in [0.15, 0.2) is 0 Å². The Morgan fingerprint density at radius 1 is 1.38 bits per heavy atom. The number of amides is 2. The molecule has 2 unspecified atom stereocenters. The Kier molecular flexibility index (Phi) is 6.38. The standard InChI is InChI=1S/C15H28N2O3S/c1-14(2,3)9-11(8-12(18)19)17-13(20)16-10-15(4)6-5-7-21-15/h11H,5-10H2,1-4H3,(H,18,19)(H2,16,17,20). The van der Waals surface area contributed by atoms with Crippen molar-refractivity contribution in [3.05, 3.63) is 0 Å². The van der Waals surface area contributed by atoms with E-state index in [4.69, 9.17) is 5.11 Å². The second-order valence-electron chi connectivity index (χ2n) is 7.29. The Hall–Kier alpha value is -0.910. The zero-order valence-electron chi connectivity index (χ0n) is 13.5. The van der Waals surface area contributed by atoms with Crippen LogP contribution in [0.15, 0.2) is 0 Å². The van der Waals surface area contributed by atoms with Crippen molar-refractivity contribution in [2.24, 2.45) is 5.41 Å². The van der Waals surface area contributed by atoms with Crippen LogP contribution in [0.1, 0.15) is 53.4 Å². The SMILES string of the molecule is CC(C)(C)CC(CC(=O)O)NC(=O)NCC1(C)CCCS1. The third kappa shape index (κ3) is 7.60. The number of thioether (sulfide) groups is 1. The molecular formula is C15H28N2O3S. The van der Waals surface area contributed by atoms with E-state index >= 15 is 0 Å². The van der Waals surface area contributed by atoms with Crippen LogP contribution in [0.2, 0.25) is 0 Å². The minimum Gasteiger partial charge on any atom is -0.481 e. The molecule has 122 valence electrons. The zero-order chi connectivity index (χ0) is 16.1. The van der Waals surface area contributed by atoms with Gasteiger partial charge in [0.25, 0.3) is 0 Å². The first kappa shape index (κ1) is 18.1. The maximum absolute atomic E-state index is 12.0. The molecule has 0 aromatic rings. The molecule has 2 atom stereocenters. The largest absolute Gasteiger partial charge is 0.481 e. The number of hydrogen-bond donors (Lipinski definition) is 3. The molecular weight excluding hydrogens is 288 g/mol. The first-order valence-corrected chi connectivity index (χ1v) is 8.48. The topological polar surface area (TPSA) is 78.4 Å². The van der Waals surface area contributed by atoms with Crippen molar-refractivity contribution in [3.63, 3.8) is 0 Å². The van der Waals surface area contributed by atoms with E-state index in [9.17, 15) is 9.59 Å². The summed E-state index contributed by atoms with van der Waals surface area (Å²) in [5.41, 5.74) is -0.0271. The van der Waals surface area contributed by atoms with Gasteiger partial charge in [0.1, 0.15) is 0 Å². The van der Waals surface area contributed by atoms with Gasteiger partial charge in [-0.15, -0.1) is 0 Å². The van der Waals surface area contributed by atoms with E-state index < -0.39 is 5.97 Å². The van der Waals surface area contributed by atoms with Gasteiger partial charge in [-0.1, -0.05) is 20.8 Å². The van der Waals surface area contributed by atoms with Gasteiger partial charge in [-0.3, -0.25) is 4.79 Å². The van der Waals surface area contributed by atoms with Crippen LogP contribution in [-0.4, -0.2) is 40.2 Å². The molecule has 0 aromatic carbocycles. The van der Waals surface area contributed by atoms with Crippen molar-refractivity contribution in [2.75, 3.05) is 12.3 Å². The van der Waals surface area contributed by atoms with Gasteiger partial charge in [-0.25, -0.2) is 4.79 Å². The molecule has 0 spiro atoms. The Balaban J connectivity index is 2.45. The van der Waals surface area contributed by atoms with Crippen LogP contribution < -0.4 is 10.6 Å². The van der Waals surface area contributed by atoms with Crippen LogP contribution in [0.5, 0.6) is 0 Å². The van der Waals surface area contributed by atoms with E-state index in [0.717, 1.165) is 12.2 Å². The smallest absolute Gasteiger partial charge is 0.315 e. The van der Waals surface area contributed by atoms with Gasteiger partial charge >= 0.3 is 12.0 Å². The molecule has 1 heterocycles. The quantitative estimate of drug-likeness (QED) is 0.704. The van der Waals surface area contributed by atoms with E-state index in [2.05, 4.69) is 17.6 Å². The molecule has 1 fully saturated rings. The first-order valence-electron chi connectivity index (χ1n) is 7.50. The summed E-state index contributed by atoms with van der Waals surface area (Å²) in [4.78, 5) is 22.9. The number of nitrogens with one attached hydrogen (secondary N) is 2. The molecule has 0 aromatic heterocycles. The molecule has 21 heavy (non-hydrogen) atoms. The van der Waals surface area contributed by atoms with Crippen LogP contribution in [0.25, 0.3) is 0 Å². The lowest BCUT2D eigenvalue weighted by Gasteiger charge is -2.27. The normalized spacial score (nSPS) is 23.6. The highest BCUT2D eigenvalue weighted by molar-refractivity contribution is 8.00. The molecule has 0 saturated carbocycles. The van der Waals surface area contributed by atoms with Crippen molar-refractivity contribution in [2.45, 2.75) is 64.2 Å². The summed E-state index contributed by atoms with van der Waals surface area (Å²) in [6.07, 6.45) is 2.89. The lowest BCUT2D eigenvalue weighted by Crippen LogP contribution is -2.47. The second kappa shape index (κ2) is 7.38.